The molecular formula is C11H23NO. The SMILES string of the molecule is CN(CCCO)C1CCCC1(C)C. The molecule has 1 N–H and O–H groups in total. The van der Waals surface area contributed by atoms with Gasteiger partial charge in [0, 0.05) is 19.2 Å². The van der Waals surface area contributed by atoms with Gasteiger partial charge in [0.25, 0.3) is 0 Å². The second kappa shape index (κ2) is 4.43. The van der Waals surface area contributed by atoms with Crippen molar-refractivity contribution in [3.63, 3.8) is 0 Å². The molecule has 0 saturated heterocycles. The van der Waals surface area contributed by atoms with Crippen molar-refractivity contribution >= 4 is 0 Å². The van der Waals surface area contributed by atoms with Gasteiger partial charge in [-0.2, -0.15) is 0 Å². The van der Waals surface area contributed by atoms with Crippen molar-refractivity contribution < 1.29 is 5.11 Å². The standard InChI is InChI=1S/C11H23NO/c1-11(2)7-4-6-10(11)12(3)8-5-9-13/h10,13H,4-9H2,1-3H3. The summed E-state index contributed by atoms with van der Waals surface area (Å²) in [5, 5.41) is 8.76. The summed E-state index contributed by atoms with van der Waals surface area (Å²) in [6, 6.07) is 0.721. The van der Waals surface area contributed by atoms with Gasteiger partial charge in [-0.3, -0.25) is 0 Å². The van der Waals surface area contributed by atoms with E-state index < -0.39 is 0 Å². The Morgan fingerprint density at radius 1 is 1.46 bits per heavy atom. The average molecular weight is 185 g/mol. The minimum atomic E-state index is 0.317. The lowest BCUT2D eigenvalue weighted by molar-refractivity contribution is 0.131. The maximum Gasteiger partial charge on any atom is 0.0443 e. The van der Waals surface area contributed by atoms with E-state index in [4.69, 9.17) is 5.11 Å². The van der Waals surface area contributed by atoms with Gasteiger partial charge in [0.1, 0.15) is 0 Å². The Bertz CT molecular complexity index is 156. The lowest BCUT2D eigenvalue weighted by atomic mass is 9.86. The van der Waals surface area contributed by atoms with Crippen LogP contribution in [-0.4, -0.2) is 36.2 Å². The second-order valence-corrected chi connectivity index (χ2v) is 4.95. The molecule has 0 bridgehead atoms. The fourth-order valence-electron chi connectivity index (χ4n) is 2.60. The highest BCUT2D eigenvalue weighted by molar-refractivity contribution is 4.90. The Hall–Kier alpha value is -0.0800. The van der Waals surface area contributed by atoms with Gasteiger partial charge in [0.15, 0.2) is 0 Å². The van der Waals surface area contributed by atoms with Gasteiger partial charge in [-0.15, -0.1) is 0 Å². The van der Waals surface area contributed by atoms with Crippen molar-refractivity contribution in [1.82, 2.24) is 4.90 Å². The Balaban J connectivity index is 2.41. The molecule has 0 spiro atoms. The summed E-state index contributed by atoms with van der Waals surface area (Å²) in [5.41, 5.74) is 0.476. The van der Waals surface area contributed by atoms with Crippen LogP contribution in [0.1, 0.15) is 39.5 Å². The zero-order chi connectivity index (χ0) is 9.90. The topological polar surface area (TPSA) is 23.5 Å². The highest BCUT2D eigenvalue weighted by Gasteiger charge is 2.36. The Morgan fingerprint density at radius 2 is 2.15 bits per heavy atom. The lowest BCUT2D eigenvalue weighted by Gasteiger charge is -2.35. The monoisotopic (exact) mass is 185 g/mol. The van der Waals surface area contributed by atoms with Crippen LogP contribution in [0.4, 0.5) is 0 Å². The smallest absolute Gasteiger partial charge is 0.0443 e. The van der Waals surface area contributed by atoms with E-state index in [0.29, 0.717) is 12.0 Å². The second-order valence-electron chi connectivity index (χ2n) is 4.95. The van der Waals surface area contributed by atoms with E-state index in [1.54, 1.807) is 0 Å². The van der Waals surface area contributed by atoms with Gasteiger partial charge < -0.3 is 10.0 Å². The number of rotatable bonds is 4. The summed E-state index contributed by atoms with van der Waals surface area (Å²) in [6.07, 6.45) is 4.94. The van der Waals surface area contributed by atoms with Gasteiger partial charge in [-0.25, -0.2) is 0 Å². The van der Waals surface area contributed by atoms with Crippen LogP contribution >= 0.6 is 0 Å². The molecule has 0 radical (unpaired) electrons. The van der Waals surface area contributed by atoms with Crippen molar-refractivity contribution in [2.24, 2.45) is 5.41 Å². The molecule has 0 aromatic rings. The van der Waals surface area contributed by atoms with Crippen molar-refractivity contribution in [1.29, 1.82) is 0 Å². The van der Waals surface area contributed by atoms with Gasteiger partial charge in [-0.05, 0) is 31.7 Å². The van der Waals surface area contributed by atoms with E-state index in [1.165, 1.54) is 19.3 Å². The minimum absolute atomic E-state index is 0.317. The molecule has 1 atom stereocenters. The summed E-state index contributed by atoms with van der Waals surface area (Å²) in [5.74, 6) is 0. The zero-order valence-electron chi connectivity index (χ0n) is 9.21. The van der Waals surface area contributed by atoms with Crippen LogP contribution < -0.4 is 0 Å². The van der Waals surface area contributed by atoms with Crippen molar-refractivity contribution in [2.75, 3.05) is 20.2 Å². The number of hydrogen-bond donors (Lipinski definition) is 1. The third kappa shape index (κ3) is 2.68. The number of hydrogen-bond acceptors (Lipinski definition) is 2. The van der Waals surface area contributed by atoms with Crippen molar-refractivity contribution in [3.05, 3.63) is 0 Å². The average Bonchev–Trinajstić information content (AvgIpc) is 2.41. The molecule has 0 amide bonds. The van der Waals surface area contributed by atoms with Gasteiger partial charge in [0.05, 0.1) is 0 Å². The summed E-state index contributed by atoms with van der Waals surface area (Å²) >= 11 is 0. The van der Waals surface area contributed by atoms with E-state index in [2.05, 4.69) is 25.8 Å². The first-order valence-corrected chi connectivity index (χ1v) is 5.39. The molecule has 0 aromatic carbocycles. The predicted molar refractivity (Wildman–Crippen MR) is 55.8 cm³/mol. The Morgan fingerprint density at radius 3 is 2.62 bits per heavy atom. The number of aliphatic hydroxyl groups is 1. The molecule has 1 rings (SSSR count). The molecule has 1 aliphatic carbocycles. The van der Waals surface area contributed by atoms with Gasteiger partial charge in [-0.1, -0.05) is 20.3 Å². The Kier molecular flexibility index (Phi) is 3.74. The van der Waals surface area contributed by atoms with Crippen molar-refractivity contribution in [2.45, 2.75) is 45.6 Å². The van der Waals surface area contributed by atoms with Crippen LogP contribution in [0.3, 0.4) is 0 Å². The van der Waals surface area contributed by atoms with Crippen LogP contribution in [0.15, 0.2) is 0 Å². The highest BCUT2D eigenvalue weighted by atomic mass is 16.3. The number of nitrogens with zero attached hydrogens (tertiary/aromatic N) is 1. The van der Waals surface area contributed by atoms with Gasteiger partial charge in [0.2, 0.25) is 0 Å². The van der Waals surface area contributed by atoms with E-state index >= 15 is 0 Å². The fourth-order valence-corrected chi connectivity index (χ4v) is 2.60. The van der Waals surface area contributed by atoms with E-state index in [-0.39, 0.29) is 0 Å². The van der Waals surface area contributed by atoms with Crippen LogP contribution in [-0.2, 0) is 0 Å². The molecule has 2 nitrogen and oxygen atoms in total. The molecule has 78 valence electrons. The zero-order valence-corrected chi connectivity index (χ0v) is 9.21. The molecule has 1 fully saturated rings. The van der Waals surface area contributed by atoms with Crippen LogP contribution in [0, 0.1) is 5.41 Å². The summed E-state index contributed by atoms with van der Waals surface area (Å²) in [6.45, 7) is 6.07. The third-order valence-corrected chi connectivity index (χ3v) is 3.40. The molecule has 1 saturated carbocycles. The summed E-state index contributed by atoms with van der Waals surface area (Å²) in [7, 11) is 2.19. The van der Waals surface area contributed by atoms with Crippen LogP contribution in [0.25, 0.3) is 0 Å². The summed E-state index contributed by atoms with van der Waals surface area (Å²) < 4.78 is 0. The molecule has 0 aliphatic heterocycles. The normalized spacial score (nSPS) is 27.0. The van der Waals surface area contributed by atoms with Crippen LogP contribution in [0.2, 0.25) is 0 Å². The fraction of sp³-hybridized carbons (Fsp3) is 1.00. The largest absolute Gasteiger partial charge is 0.396 e. The number of aliphatic hydroxyl groups excluding tert-OH is 1. The molecular weight excluding hydrogens is 162 g/mol. The van der Waals surface area contributed by atoms with E-state index in [1.807, 2.05) is 0 Å². The first kappa shape index (κ1) is 11.0. The Labute approximate surface area is 81.9 Å². The molecule has 2 heteroatoms. The molecule has 1 unspecified atom stereocenters. The van der Waals surface area contributed by atoms with Gasteiger partial charge >= 0.3 is 0 Å². The molecule has 13 heavy (non-hydrogen) atoms. The first-order valence-electron chi connectivity index (χ1n) is 5.39. The molecule has 0 heterocycles. The minimum Gasteiger partial charge on any atom is -0.396 e. The third-order valence-electron chi connectivity index (χ3n) is 3.40. The quantitative estimate of drug-likeness (QED) is 0.723. The first-order chi connectivity index (χ1) is 6.08. The molecule has 0 aromatic heterocycles. The maximum atomic E-state index is 8.76. The van der Waals surface area contributed by atoms with E-state index in [0.717, 1.165) is 19.0 Å². The maximum absolute atomic E-state index is 8.76. The highest BCUT2D eigenvalue weighted by Crippen LogP contribution is 2.39. The lowest BCUT2D eigenvalue weighted by Crippen LogP contribution is -2.40. The predicted octanol–water partition coefficient (Wildman–Crippen LogP) is 1.88. The summed E-state index contributed by atoms with van der Waals surface area (Å²) in [4.78, 5) is 2.42. The van der Waals surface area contributed by atoms with E-state index in [9.17, 15) is 0 Å². The van der Waals surface area contributed by atoms with Crippen LogP contribution in [0.5, 0.6) is 0 Å². The molecule has 1 aliphatic rings. The van der Waals surface area contributed by atoms with Crippen molar-refractivity contribution in [3.8, 4) is 0 Å².